The van der Waals surface area contributed by atoms with Crippen molar-refractivity contribution in [2.24, 2.45) is 10.2 Å². The van der Waals surface area contributed by atoms with Crippen LogP contribution in [-0.2, 0) is 4.79 Å². The number of nitrogens with zero attached hydrogens (tertiary/aromatic N) is 6. The molecule has 0 N–H and O–H groups in total. The zero-order valence-electron chi connectivity index (χ0n) is 20.4. The summed E-state index contributed by atoms with van der Waals surface area (Å²) in [4.78, 5) is 18.4. The smallest absolute Gasteiger partial charge is 0.406 e. The van der Waals surface area contributed by atoms with Gasteiger partial charge in [0.05, 0.1) is 32.9 Å². The number of amidine groups is 1. The first kappa shape index (κ1) is 27.7. The standard InChI is InChI=1S/C26H17Cl2F3N6O2S/c1-15-24(38)37(22-20(27)3-2-4-21(22)28)25(40-15)34-33-13-16-5-7-17(8-6-16)23-32-14-36(35-23)18-9-11-19(12-10-18)39-26(29,30)31/h2-15H,1H3/b33-13+,34-25-. The number of alkyl halides is 3. The van der Waals surface area contributed by atoms with Crippen LogP contribution >= 0.6 is 35.0 Å². The molecule has 0 bridgehead atoms. The van der Waals surface area contributed by atoms with Gasteiger partial charge in [0, 0.05) is 5.56 Å². The maximum absolute atomic E-state index is 12.8. The number of ether oxygens (including phenoxy) is 1. The van der Waals surface area contributed by atoms with Crippen LogP contribution in [0.5, 0.6) is 5.75 Å². The van der Waals surface area contributed by atoms with Gasteiger partial charge in [-0.2, -0.15) is 5.10 Å². The van der Waals surface area contributed by atoms with Gasteiger partial charge in [0.25, 0.3) is 0 Å². The van der Waals surface area contributed by atoms with E-state index in [1.165, 1.54) is 58.2 Å². The van der Waals surface area contributed by atoms with E-state index in [9.17, 15) is 18.0 Å². The van der Waals surface area contributed by atoms with Crippen LogP contribution in [-0.4, -0.2) is 43.7 Å². The Balaban J connectivity index is 1.29. The van der Waals surface area contributed by atoms with Gasteiger partial charge < -0.3 is 4.74 Å². The lowest BCUT2D eigenvalue weighted by molar-refractivity contribution is -0.274. The molecule has 0 radical (unpaired) electrons. The molecule has 1 aliphatic heterocycles. The van der Waals surface area contributed by atoms with Crippen molar-refractivity contribution in [1.29, 1.82) is 0 Å². The van der Waals surface area contributed by atoms with E-state index >= 15 is 0 Å². The predicted molar refractivity (Wildman–Crippen MR) is 150 cm³/mol. The summed E-state index contributed by atoms with van der Waals surface area (Å²) in [7, 11) is 0. The Labute approximate surface area is 240 Å². The van der Waals surface area contributed by atoms with Crippen LogP contribution in [0.25, 0.3) is 17.1 Å². The van der Waals surface area contributed by atoms with Crippen LogP contribution in [0.1, 0.15) is 12.5 Å². The Bertz CT molecular complexity index is 1590. The van der Waals surface area contributed by atoms with Crippen molar-refractivity contribution in [3.05, 3.63) is 88.7 Å². The molecule has 1 saturated heterocycles. The number of rotatable bonds is 6. The fraction of sp³-hybridized carbons (Fsp3) is 0.115. The lowest BCUT2D eigenvalue weighted by atomic mass is 10.1. The van der Waals surface area contributed by atoms with E-state index in [2.05, 4.69) is 25.0 Å². The number of benzene rings is 3. The van der Waals surface area contributed by atoms with Crippen LogP contribution in [0.4, 0.5) is 18.9 Å². The summed E-state index contributed by atoms with van der Waals surface area (Å²) in [5.41, 5.74) is 2.33. The molecular weight excluding hydrogens is 588 g/mol. The number of hydrogen-bond donors (Lipinski definition) is 0. The third kappa shape index (κ3) is 6.14. The molecule has 1 amide bonds. The maximum Gasteiger partial charge on any atom is 0.573 e. The van der Waals surface area contributed by atoms with Crippen molar-refractivity contribution in [2.45, 2.75) is 18.5 Å². The van der Waals surface area contributed by atoms with Gasteiger partial charge in [0.1, 0.15) is 12.1 Å². The predicted octanol–water partition coefficient (Wildman–Crippen LogP) is 7.00. The lowest BCUT2D eigenvalue weighted by Gasteiger charge is -2.18. The minimum absolute atomic E-state index is 0.198. The van der Waals surface area contributed by atoms with Crippen molar-refractivity contribution < 1.29 is 22.7 Å². The second-order valence-electron chi connectivity index (χ2n) is 8.31. The van der Waals surface area contributed by atoms with Gasteiger partial charge in [0.15, 0.2) is 11.0 Å². The molecular formula is C26H17Cl2F3N6O2S. The van der Waals surface area contributed by atoms with Crippen molar-refractivity contribution in [3.8, 4) is 22.8 Å². The number of halogens is 5. The minimum Gasteiger partial charge on any atom is -0.406 e. The molecule has 1 unspecified atom stereocenters. The first-order chi connectivity index (χ1) is 19.1. The molecule has 2 heterocycles. The Morgan fingerprint density at radius 2 is 1.70 bits per heavy atom. The summed E-state index contributed by atoms with van der Waals surface area (Å²) in [5.74, 6) is -0.107. The summed E-state index contributed by atoms with van der Waals surface area (Å²) in [5, 5.41) is 13.4. The largest absolute Gasteiger partial charge is 0.573 e. The van der Waals surface area contributed by atoms with Crippen LogP contribution in [0.3, 0.4) is 0 Å². The van der Waals surface area contributed by atoms with Crippen LogP contribution in [0.2, 0.25) is 10.0 Å². The molecule has 0 saturated carbocycles. The summed E-state index contributed by atoms with van der Waals surface area (Å²) in [6.07, 6.45) is -1.77. The number of amides is 1. The molecule has 8 nitrogen and oxygen atoms in total. The summed E-state index contributed by atoms with van der Waals surface area (Å²) in [6.45, 7) is 1.77. The lowest BCUT2D eigenvalue weighted by Crippen LogP contribution is -2.31. The second kappa shape index (κ2) is 11.3. The van der Waals surface area contributed by atoms with Crippen molar-refractivity contribution in [1.82, 2.24) is 14.8 Å². The van der Waals surface area contributed by atoms with Crippen molar-refractivity contribution >= 4 is 57.9 Å². The van der Waals surface area contributed by atoms with E-state index < -0.39 is 6.36 Å². The summed E-state index contributed by atoms with van der Waals surface area (Å²) in [6, 6.07) is 17.4. The van der Waals surface area contributed by atoms with Gasteiger partial charge in [-0.25, -0.2) is 9.67 Å². The number of carbonyl (C=O) groups excluding carboxylic acids is 1. The van der Waals surface area contributed by atoms with Crippen LogP contribution in [0.15, 0.2) is 83.3 Å². The molecule has 0 aliphatic carbocycles. The summed E-state index contributed by atoms with van der Waals surface area (Å²) >= 11 is 13.9. The maximum atomic E-state index is 12.8. The number of aromatic nitrogens is 3. The van der Waals surface area contributed by atoms with E-state index in [1.807, 2.05) is 0 Å². The number of thioether (sulfide) groups is 1. The van der Waals surface area contributed by atoms with Gasteiger partial charge in [-0.3, -0.25) is 9.69 Å². The second-order valence-corrected chi connectivity index (χ2v) is 10.4. The van der Waals surface area contributed by atoms with E-state index in [0.717, 1.165) is 5.56 Å². The first-order valence-electron chi connectivity index (χ1n) is 11.5. The Hall–Kier alpha value is -3.87. The molecule has 14 heteroatoms. The van der Waals surface area contributed by atoms with Gasteiger partial charge in [-0.05, 0) is 48.9 Å². The Morgan fingerprint density at radius 3 is 2.35 bits per heavy atom. The molecule has 4 aromatic rings. The van der Waals surface area contributed by atoms with Gasteiger partial charge in [0.2, 0.25) is 5.91 Å². The van der Waals surface area contributed by atoms with E-state index in [-0.39, 0.29) is 16.9 Å². The van der Waals surface area contributed by atoms with E-state index in [1.54, 1.807) is 49.4 Å². The van der Waals surface area contributed by atoms with Crippen molar-refractivity contribution in [2.75, 3.05) is 4.90 Å². The molecule has 1 aromatic heterocycles. The van der Waals surface area contributed by atoms with Gasteiger partial charge >= 0.3 is 6.36 Å². The SMILES string of the molecule is CC1S/C(=N\N=C\c2ccc(-c3ncn(-c4ccc(OC(F)(F)F)cc4)n3)cc2)N(c2c(Cl)cccc2Cl)C1=O. The highest BCUT2D eigenvalue weighted by molar-refractivity contribution is 8.16. The molecule has 1 aliphatic rings. The fourth-order valence-electron chi connectivity index (χ4n) is 3.70. The average Bonchev–Trinajstić information content (AvgIpc) is 3.50. The number of carbonyl (C=O) groups is 1. The Morgan fingerprint density at radius 1 is 1.02 bits per heavy atom. The molecule has 204 valence electrons. The first-order valence-corrected chi connectivity index (χ1v) is 13.2. The van der Waals surface area contributed by atoms with Gasteiger partial charge in [-0.1, -0.05) is 65.3 Å². The number of hydrogen-bond acceptors (Lipinski definition) is 7. The third-order valence-corrected chi connectivity index (χ3v) is 7.19. The van der Waals surface area contributed by atoms with E-state index in [4.69, 9.17) is 23.2 Å². The molecule has 1 fully saturated rings. The zero-order chi connectivity index (χ0) is 28.4. The fourth-order valence-corrected chi connectivity index (χ4v) is 5.17. The average molecular weight is 605 g/mol. The highest BCUT2D eigenvalue weighted by Crippen LogP contribution is 2.40. The van der Waals surface area contributed by atoms with Crippen molar-refractivity contribution in [3.63, 3.8) is 0 Å². The normalized spacial score (nSPS) is 16.9. The highest BCUT2D eigenvalue weighted by Gasteiger charge is 2.38. The van der Waals surface area contributed by atoms with Gasteiger partial charge in [-0.15, -0.1) is 23.4 Å². The quantitative estimate of drug-likeness (QED) is 0.175. The molecule has 1 atom stereocenters. The molecule has 5 rings (SSSR count). The topological polar surface area (TPSA) is 85.0 Å². The molecule has 40 heavy (non-hydrogen) atoms. The Kier molecular flexibility index (Phi) is 7.83. The van der Waals surface area contributed by atoms with Crippen LogP contribution < -0.4 is 9.64 Å². The van der Waals surface area contributed by atoms with E-state index in [0.29, 0.717) is 38.0 Å². The minimum atomic E-state index is -4.76. The molecule has 0 spiro atoms. The van der Waals surface area contributed by atoms with Crippen LogP contribution in [0, 0.1) is 0 Å². The zero-order valence-corrected chi connectivity index (χ0v) is 22.7. The third-order valence-electron chi connectivity index (χ3n) is 5.55. The molecule has 3 aromatic carbocycles. The highest BCUT2D eigenvalue weighted by atomic mass is 35.5. The summed E-state index contributed by atoms with van der Waals surface area (Å²) < 4.78 is 42.4. The number of anilines is 1. The monoisotopic (exact) mass is 604 g/mol. The number of para-hydroxylation sites is 1.